The Kier molecular flexibility index (Phi) is 6.14. The fourth-order valence-corrected chi connectivity index (χ4v) is 2.47. The highest BCUT2D eigenvalue weighted by atomic mass is 35.5. The molecule has 1 aromatic heterocycles. The molecular weight excluding hydrogens is 302 g/mol. The maximum absolute atomic E-state index is 12.6. The van der Waals surface area contributed by atoms with Crippen LogP contribution in [0.5, 0.6) is 0 Å². The van der Waals surface area contributed by atoms with Crippen molar-refractivity contribution in [2.45, 2.75) is 32.2 Å². The minimum atomic E-state index is -0.430. The molecule has 4 N–H and O–H groups in total. The molecule has 0 saturated carbocycles. The summed E-state index contributed by atoms with van der Waals surface area (Å²) in [4.78, 5) is 27.0. The first kappa shape index (κ1) is 18.2. The number of aromatic nitrogens is 1. The molecule has 1 amide bonds. The Balaban J connectivity index is 0.00000242. The molecule has 1 heterocycles. The van der Waals surface area contributed by atoms with Crippen LogP contribution in [0.2, 0.25) is 0 Å². The number of halogens is 1. The van der Waals surface area contributed by atoms with E-state index in [1.807, 2.05) is 32.0 Å². The summed E-state index contributed by atoms with van der Waals surface area (Å²) in [5.74, 6) is -0.258. The number of aromatic amines is 1. The summed E-state index contributed by atoms with van der Waals surface area (Å²) < 4.78 is 0. The minimum absolute atomic E-state index is 0. The van der Waals surface area contributed by atoms with Crippen LogP contribution < -0.4 is 16.6 Å². The Labute approximate surface area is 135 Å². The molecule has 0 atom stereocenters. The van der Waals surface area contributed by atoms with Crippen molar-refractivity contribution in [2.75, 3.05) is 6.54 Å². The molecule has 0 spiro atoms. The second-order valence-electron chi connectivity index (χ2n) is 5.24. The summed E-state index contributed by atoms with van der Waals surface area (Å²) >= 11 is 0. The van der Waals surface area contributed by atoms with Crippen molar-refractivity contribution in [3.05, 3.63) is 46.2 Å². The fraction of sp³-hybridized carbons (Fsp3) is 0.375. The summed E-state index contributed by atoms with van der Waals surface area (Å²) in [5, 5.41) is 3.73. The molecule has 0 radical (unpaired) electrons. The van der Waals surface area contributed by atoms with Crippen molar-refractivity contribution in [2.24, 2.45) is 5.73 Å². The van der Waals surface area contributed by atoms with Crippen molar-refractivity contribution >= 4 is 29.2 Å². The van der Waals surface area contributed by atoms with Crippen LogP contribution in [0.3, 0.4) is 0 Å². The van der Waals surface area contributed by atoms with Crippen molar-refractivity contribution < 1.29 is 4.79 Å². The maximum Gasteiger partial charge on any atom is 0.252 e. The van der Waals surface area contributed by atoms with E-state index in [1.165, 1.54) is 6.07 Å². The Morgan fingerprint density at radius 1 is 1.27 bits per heavy atom. The fourth-order valence-electron chi connectivity index (χ4n) is 2.47. The largest absolute Gasteiger partial charge is 0.345 e. The lowest BCUT2D eigenvalue weighted by molar-refractivity contribution is 0.0897. The number of carbonyl (C=O) groups is 1. The van der Waals surface area contributed by atoms with E-state index in [0.717, 1.165) is 18.2 Å². The molecule has 120 valence electrons. The van der Waals surface area contributed by atoms with Gasteiger partial charge in [-0.05, 0) is 18.9 Å². The van der Waals surface area contributed by atoms with E-state index in [1.54, 1.807) is 6.07 Å². The standard InChI is InChI=1S/C16H21N3O2.ClH/c1-3-16(4-2,10-17)19-15(21)12-9-14(20)18-13-8-6-5-7-11(12)13;/h5-9H,3-4,10,17H2,1-2H3,(H,18,20)(H,19,21);1H. The number of benzene rings is 1. The van der Waals surface area contributed by atoms with E-state index in [9.17, 15) is 9.59 Å². The van der Waals surface area contributed by atoms with E-state index in [4.69, 9.17) is 5.73 Å². The van der Waals surface area contributed by atoms with Crippen LogP contribution in [0.25, 0.3) is 10.9 Å². The molecule has 0 unspecified atom stereocenters. The lowest BCUT2D eigenvalue weighted by Crippen LogP contribution is -2.53. The number of rotatable bonds is 5. The molecule has 2 aromatic rings. The Morgan fingerprint density at radius 2 is 1.91 bits per heavy atom. The Morgan fingerprint density at radius 3 is 2.50 bits per heavy atom. The lowest BCUT2D eigenvalue weighted by atomic mass is 9.92. The minimum Gasteiger partial charge on any atom is -0.345 e. The normalized spacial score (nSPS) is 11.0. The number of nitrogens with two attached hydrogens (primary N) is 1. The average Bonchev–Trinajstić information content (AvgIpc) is 2.51. The van der Waals surface area contributed by atoms with Gasteiger partial charge in [0, 0.05) is 23.5 Å². The summed E-state index contributed by atoms with van der Waals surface area (Å²) in [6.07, 6.45) is 1.49. The van der Waals surface area contributed by atoms with Gasteiger partial charge in [-0.15, -0.1) is 12.4 Å². The highest BCUT2D eigenvalue weighted by Gasteiger charge is 2.27. The second-order valence-corrected chi connectivity index (χ2v) is 5.24. The third-order valence-corrected chi connectivity index (χ3v) is 4.12. The van der Waals surface area contributed by atoms with Crippen molar-refractivity contribution in [3.8, 4) is 0 Å². The number of carbonyl (C=O) groups excluding carboxylic acids is 1. The number of fused-ring (bicyclic) bond motifs is 1. The number of H-pyrrole nitrogens is 1. The number of pyridine rings is 1. The second kappa shape index (κ2) is 7.42. The number of hydrogen-bond donors (Lipinski definition) is 3. The summed E-state index contributed by atoms with van der Waals surface area (Å²) in [6.45, 7) is 4.35. The molecule has 0 saturated heterocycles. The van der Waals surface area contributed by atoms with Crippen LogP contribution in [-0.2, 0) is 0 Å². The monoisotopic (exact) mass is 323 g/mol. The van der Waals surface area contributed by atoms with Gasteiger partial charge in [0.05, 0.1) is 11.1 Å². The number of amides is 1. The molecule has 0 fully saturated rings. The van der Waals surface area contributed by atoms with Crippen molar-refractivity contribution in [1.29, 1.82) is 0 Å². The van der Waals surface area contributed by atoms with Crippen LogP contribution in [0.15, 0.2) is 35.1 Å². The van der Waals surface area contributed by atoms with E-state index in [-0.39, 0.29) is 23.9 Å². The van der Waals surface area contributed by atoms with Gasteiger partial charge in [0.25, 0.3) is 5.91 Å². The van der Waals surface area contributed by atoms with Gasteiger partial charge in [0.15, 0.2) is 0 Å². The van der Waals surface area contributed by atoms with Crippen LogP contribution in [0.4, 0.5) is 0 Å². The van der Waals surface area contributed by atoms with Crippen LogP contribution in [0.1, 0.15) is 37.0 Å². The van der Waals surface area contributed by atoms with Gasteiger partial charge in [-0.25, -0.2) is 0 Å². The SMILES string of the molecule is CCC(CC)(CN)NC(=O)c1cc(=O)[nH]c2ccccc12.Cl. The predicted molar refractivity (Wildman–Crippen MR) is 91.7 cm³/mol. The van der Waals surface area contributed by atoms with Gasteiger partial charge in [0.2, 0.25) is 5.56 Å². The first-order chi connectivity index (χ1) is 10.0. The molecule has 1 aromatic carbocycles. The smallest absolute Gasteiger partial charge is 0.252 e. The van der Waals surface area contributed by atoms with Gasteiger partial charge in [-0.2, -0.15) is 0 Å². The topological polar surface area (TPSA) is 88.0 Å². The first-order valence-electron chi connectivity index (χ1n) is 7.20. The quantitative estimate of drug-likeness (QED) is 0.788. The Hall–Kier alpha value is -1.85. The van der Waals surface area contributed by atoms with Crippen molar-refractivity contribution in [1.82, 2.24) is 10.3 Å². The molecule has 0 bridgehead atoms. The molecule has 0 aliphatic rings. The summed E-state index contributed by atoms with van der Waals surface area (Å²) in [7, 11) is 0. The van der Waals surface area contributed by atoms with Gasteiger partial charge in [-0.3, -0.25) is 9.59 Å². The summed E-state index contributed by atoms with van der Waals surface area (Å²) in [6, 6.07) is 8.60. The molecule has 2 rings (SSSR count). The zero-order valence-electron chi connectivity index (χ0n) is 12.8. The lowest BCUT2D eigenvalue weighted by Gasteiger charge is -2.31. The summed E-state index contributed by atoms with van der Waals surface area (Å²) in [5.41, 5.74) is 6.14. The van der Waals surface area contributed by atoms with Crippen LogP contribution in [0, 0.1) is 0 Å². The van der Waals surface area contributed by atoms with E-state index < -0.39 is 5.54 Å². The first-order valence-corrected chi connectivity index (χ1v) is 7.20. The molecule has 22 heavy (non-hydrogen) atoms. The van der Waals surface area contributed by atoms with Crippen LogP contribution >= 0.6 is 12.4 Å². The molecular formula is C16H22ClN3O2. The van der Waals surface area contributed by atoms with Gasteiger partial charge in [-0.1, -0.05) is 32.0 Å². The average molecular weight is 324 g/mol. The number of para-hydroxylation sites is 1. The molecule has 0 aliphatic heterocycles. The van der Waals surface area contributed by atoms with Crippen LogP contribution in [-0.4, -0.2) is 23.0 Å². The molecule has 0 aliphatic carbocycles. The van der Waals surface area contributed by atoms with E-state index >= 15 is 0 Å². The van der Waals surface area contributed by atoms with Gasteiger partial charge < -0.3 is 16.0 Å². The third kappa shape index (κ3) is 3.48. The zero-order valence-corrected chi connectivity index (χ0v) is 13.6. The number of nitrogens with one attached hydrogen (secondary N) is 2. The Bertz CT molecular complexity index is 700. The van der Waals surface area contributed by atoms with E-state index in [0.29, 0.717) is 17.6 Å². The highest BCUT2D eigenvalue weighted by molar-refractivity contribution is 6.06. The maximum atomic E-state index is 12.6. The third-order valence-electron chi connectivity index (χ3n) is 4.12. The number of hydrogen-bond acceptors (Lipinski definition) is 3. The van der Waals surface area contributed by atoms with Gasteiger partial charge in [0.1, 0.15) is 0 Å². The molecule has 5 nitrogen and oxygen atoms in total. The van der Waals surface area contributed by atoms with Crippen molar-refractivity contribution in [3.63, 3.8) is 0 Å². The highest BCUT2D eigenvalue weighted by Crippen LogP contribution is 2.18. The predicted octanol–water partition coefficient (Wildman–Crippen LogP) is 2.20. The zero-order chi connectivity index (χ0) is 15.5. The van der Waals surface area contributed by atoms with E-state index in [2.05, 4.69) is 10.3 Å². The van der Waals surface area contributed by atoms with Gasteiger partial charge >= 0.3 is 0 Å². The molecule has 6 heteroatoms.